The molecule has 0 spiro atoms. The molecule has 0 heterocycles. The Hall–Kier alpha value is -3.70. The number of likely N-dealkylation sites (N-methyl/N-ethyl adjacent to an activating group) is 2. The molecule has 38 heavy (non-hydrogen) atoms. The van der Waals surface area contributed by atoms with E-state index in [1.807, 2.05) is 0 Å². The van der Waals surface area contributed by atoms with Crippen molar-refractivity contribution in [2.24, 2.45) is 17.8 Å². The minimum Gasteiger partial charge on any atom is -0.508 e. The topological polar surface area (TPSA) is 174 Å². The number of ether oxygens (including phenoxy) is 1. The first-order chi connectivity index (χ1) is 17.7. The number of phenols is 1. The van der Waals surface area contributed by atoms with Gasteiger partial charge in [-0.3, -0.25) is 24.1 Å². The Kier molecular flexibility index (Phi) is 6.65. The van der Waals surface area contributed by atoms with Gasteiger partial charge >= 0.3 is 5.97 Å². The van der Waals surface area contributed by atoms with E-state index in [9.17, 15) is 39.6 Å². The molecule has 1 saturated carbocycles. The molecule has 1 aromatic rings. The normalized spacial score (nSPS) is 30.7. The zero-order valence-electron chi connectivity index (χ0n) is 22.0. The predicted octanol–water partition coefficient (Wildman–Crippen LogP) is 0.963. The zero-order valence-corrected chi connectivity index (χ0v) is 22.0. The summed E-state index contributed by atoms with van der Waals surface area (Å²) in [4.78, 5) is 54.8. The van der Waals surface area contributed by atoms with Crippen molar-refractivity contribution >= 4 is 29.2 Å². The molecule has 11 nitrogen and oxygen atoms in total. The molecule has 3 aliphatic carbocycles. The molecule has 0 aromatic heterocycles. The van der Waals surface area contributed by atoms with Crippen LogP contribution in [0.2, 0.25) is 0 Å². The summed E-state index contributed by atoms with van der Waals surface area (Å²) in [5.41, 5.74) is -3.65. The maximum absolute atomic E-state index is 14.2. The van der Waals surface area contributed by atoms with Gasteiger partial charge in [-0.05, 0) is 31.6 Å². The van der Waals surface area contributed by atoms with Gasteiger partial charge in [0.1, 0.15) is 28.9 Å². The van der Waals surface area contributed by atoms with Gasteiger partial charge in [-0.25, -0.2) is 0 Å². The standard InChI is InChI=1S/C27H32N2O9/c1-10(2)26(36)38-22-14-11(3)12-8-7-9-13(30)15(12)20(31)16(14)23(33)27(37)18(22)19(29(5)6)21(32)17(24(27)34)25(35)28-4/h7-11,14,18-19,22,30-31,34,37H,1-6H3,(H,28,35)/t11-,14+,18+,19-,22-,27-/m0/s1. The Bertz CT molecular complexity index is 1310. The van der Waals surface area contributed by atoms with Crippen LogP contribution < -0.4 is 5.32 Å². The number of hydrogen-bond acceptors (Lipinski definition) is 10. The van der Waals surface area contributed by atoms with Crippen LogP contribution in [-0.2, 0) is 23.9 Å². The van der Waals surface area contributed by atoms with Crippen LogP contribution in [0, 0.1) is 17.8 Å². The number of fused-ring (bicyclic) bond motifs is 3. The summed E-state index contributed by atoms with van der Waals surface area (Å²) in [7, 11) is 4.22. The minimum atomic E-state index is -2.91. The number of phenolic OH excluding ortho intramolecular Hbond substituents is 1. The number of aromatic hydroxyl groups is 1. The number of hydrogen-bond donors (Lipinski definition) is 5. The summed E-state index contributed by atoms with van der Waals surface area (Å²) < 4.78 is 5.90. The molecule has 1 aromatic carbocycles. The van der Waals surface area contributed by atoms with E-state index in [0.29, 0.717) is 5.56 Å². The molecular formula is C27H32N2O9. The molecule has 3 aliphatic rings. The quantitative estimate of drug-likeness (QED) is 0.280. The van der Waals surface area contributed by atoms with E-state index in [1.54, 1.807) is 32.9 Å². The predicted molar refractivity (Wildman–Crippen MR) is 134 cm³/mol. The summed E-state index contributed by atoms with van der Waals surface area (Å²) in [6.45, 7) is 4.89. The lowest BCUT2D eigenvalue weighted by Crippen LogP contribution is -2.71. The van der Waals surface area contributed by atoms with E-state index < -0.39 is 82.0 Å². The molecule has 0 bridgehead atoms. The monoisotopic (exact) mass is 528 g/mol. The Balaban J connectivity index is 2.11. The maximum Gasteiger partial charge on any atom is 0.308 e. The van der Waals surface area contributed by atoms with Crippen molar-refractivity contribution in [3.63, 3.8) is 0 Å². The number of Topliss-reactive ketones (excluding diaryl/α,β-unsaturated/α-hetero) is 2. The first kappa shape index (κ1) is 27.3. The third-order valence-corrected chi connectivity index (χ3v) is 7.90. The second-order valence-corrected chi connectivity index (χ2v) is 10.6. The number of aliphatic hydroxyl groups is 3. The summed E-state index contributed by atoms with van der Waals surface area (Å²) in [6, 6.07) is 3.18. The van der Waals surface area contributed by atoms with Crippen molar-refractivity contribution in [2.45, 2.75) is 44.4 Å². The highest BCUT2D eigenvalue weighted by atomic mass is 16.5. The number of carbonyl (C=O) groups is 4. The molecule has 0 radical (unpaired) electrons. The third-order valence-electron chi connectivity index (χ3n) is 7.90. The van der Waals surface area contributed by atoms with Crippen LogP contribution in [0.15, 0.2) is 35.1 Å². The largest absolute Gasteiger partial charge is 0.508 e. The Labute approximate surface area is 219 Å². The third kappa shape index (κ3) is 3.56. The Morgan fingerprint density at radius 3 is 2.32 bits per heavy atom. The Morgan fingerprint density at radius 2 is 1.76 bits per heavy atom. The molecule has 11 heteroatoms. The number of ketones is 2. The van der Waals surface area contributed by atoms with Gasteiger partial charge in [0, 0.05) is 18.5 Å². The van der Waals surface area contributed by atoms with Crippen molar-refractivity contribution in [3.8, 4) is 5.75 Å². The van der Waals surface area contributed by atoms with Gasteiger partial charge in [0.05, 0.1) is 23.4 Å². The van der Waals surface area contributed by atoms with Crippen molar-refractivity contribution in [3.05, 3.63) is 46.2 Å². The van der Waals surface area contributed by atoms with Crippen molar-refractivity contribution in [1.82, 2.24) is 10.2 Å². The van der Waals surface area contributed by atoms with E-state index in [0.717, 1.165) is 0 Å². The molecular weight excluding hydrogens is 496 g/mol. The van der Waals surface area contributed by atoms with Gasteiger partial charge in [0.15, 0.2) is 11.4 Å². The number of esters is 1. The van der Waals surface area contributed by atoms with Gasteiger partial charge < -0.3 is 30.5 Å². The molecule has 0 saturated heterocycles. The average molecular weight is 529 g/mol. The molecule has 1 amide bonds. The van der Waals surface area contributed by atoms with Crippen LogP contribution in [0.3, 0.4) is 0 Å². The fourth-order valence-corrected chi connectivity index (χ4v) is 6.07. The smallest absolute Gasteiger partial charge is 0.308 e. The second-order valence-electron chi connectivity index (χ2n) is 10.6. The lowest BCUT2D eigenvalue weighted by molar-refractivity contribution is -0.187. The highest BCUT2D eigenvalue weighted by Crippen LogP contribution is 2.57. The molecule has 1 fully saturated rings. The Morgan fingerprint density at radius 1 is 1.13 bits per heavy atom. The van der Waals surface area contributed by atoms with E-state index >= 15 is 0 Å². The van der Waals surface area contributed by atoms with Crippen LogP contribution in [0.25, 0.3) is 5.76 Å². The minimum absolute atomic E-state index is 0.0263. The summed E-state index contributed by atoms with van der Waals surface area (Å²) in [5.74, 6) is -9.70. The first-order valence-corrected chi connectivity index (χ1v) is 12.3. The van der Waals surface area contributed by atoms with Crippen LogP contribution >= 0.6 is 0 Å². The van der Waals surface area contributed by atoms with Crippen molar-refractivity contribution in [1.29, 1.82) is 0 Å². The molecule has 5 N–H and O–H groups in total. The van der Waals surface area contributed by atoms with Crippen LogP contribution in [-0.4, -0.2) is 87.7 Å². The molecule has 0 aliphatic heterocycles. The van der Waals surface area contributed by atoms with Gasteiger partial charge in [-0.2, -0.15) is 0 Å². The lowest BCUT2D eigenvalue weighted by atomic mass is 9.54. The molecule has 204 valence electrons. The number of carbonyl (C=O) groups excluding carboxylic acids is 4. The van der Waals surface area contributed by atoms with Gasteiger partial charge in [-0.1, -0.05) is 32.9 Å². The fourth-order valence-electron chi connectivity index (χ4n) is 6.07. The number of rotatable bonds is 4. The number of nitrogens with zero attached hydrogens (tertiary/aromatic N) is 1. The van der Waals surface area contributed by atoms with E-state index in [2.05, 4.69) is 5.32 Å². The van der Waals surface area contributed by atoms with E-state index in [1.165, 1.54) is 32.1 Å². The SMILES string of the molecule is CNC(=O)C1=C(O)[C@@]2(O)C(=O)C3=C(O)c4c(O)cccc4[C@H](C)[C@H]3[C@H](OC(=O)C(C)C)[C@H]2[C@H](N(C)C)C1=O. The van der Waals surface area contributed by atoms with Crippen LogP contribution in [0.4, 0.5) is 0 Å². The number of aliphatic hydroxyl groups excluding tert-OH is 2. The molecule has 0 unspecified atom stereocenters. The molecule has 6 atom stereocenters. The number of benzene rings is 1. The van der Waals surface area contributed by atoms with E-state index in [4.69, 9.17) is 4.74 Å². The number of nitrogens with one attached hydrogen (secondary N) is 1. The van der Waals surface area contributed by atoms with E-state index in [-0.39, 0.29) is 16.9 Å². The summed E-state index contributed by atoms with van der Waals surface area (Å²) in [5, 5.41) is 47.4. The average Bonchev–Trinajstić information content (AvgIpc) is 2.85. The first-order valence-electron chi connectivity index (χ1n) is 12.3. The van der Waals surface area contributed by atoms with Crippen LogP contribution in [0.5, 0.6) is 5.75 Å². The van der Waals surface area contributed by atoms with Crippen molar-refractivity contribution < 1.29 is 44.3 Å². The summed E-state index contributed by atoms with van der Waals surface area (Å²) >= 11 is 0. The highest BCUT2D eigenvalue weighted by Gasteiger charge is 2.69. The maximum atomic E-state index is 14.2. The number of amides is 1. The second kappa shape index (κ2) is 9.25. The van der Waals surface area contributed by atoms with Crippen molar-refractivity contribution in [2.75, 3.05) is 21.1 Å². The fraction of sp³-hybridized carbons (Fsp3) is 0.481. The summed E-state index contributed by atoms with van der Waals surface area (Å²) in [6.07, 6.45) is -1.39. The van der Waals surface area contributed by atoms with Crippen LogP contribution in [0.1, 0.15) is 37.8 Å². The lowest BCUT2D eigenvalue weighted by Gasteiger charge is -2.54. The highest BCUT2D eigenvalue weighted by molar-refractivity contribution is 6.25. The van der Waals surface area contributed by atoms with Gasteiger partial charge in [0.25, 0.3) is 5.91 Å². The van der Waals surface area contributed by atoms with Gasteiger partial charge in [0.2, 0.25) is 5.78 Å². The molecule has 4 rings (SSSR count). The zero-order chi connectivity index (χ0) is 28.4. The van der Waals surface area contributed by atoms with Gasteiger partial charge in [-0.15, -0.1) is 0 Å².